The van der Waals surface area contributed by atoms with Gasteiger partial charge in [0, 0.05) is 0 Å². The summed E-state index contributed by atoms with van der Waals surface area (Å²) in [5.74, 6) is 0. The molecule has 1 aliphatic carbocycles. The minimum absolute atomic E-state index is 1.39. The van der Waals surface area contributed by atoms with E-state index in [-0.39, 0.29) is 0 Å². The van der Waals surface area contributed by atoms with Crippen molar-refractivity contribution in [3.63, 3.8) is 0 Å². The van der Waals surface area contributed by atoms with Crippen molar-refractivity contribution in [1.29, 1.82) is 0 Å². The topological polar surface area (TPSA) is 0 Å². The molecule has 0 unspecified atom stereocenters. The average Bonchev–Trinajstić information content (AvgIpc) is 2.30. The Bertz CT molecular complexity index is 275. The zero-order valence-electron chi connectivity index (χ0n) is 9.33. The van der Waals surface area contributed by atoms with E-state index in [1.807, 2.05) is 7.18 Å². The van der Waals surface area contributed by atoms with Crippen LogP contribution in [0, 0.1) is 0 Å². The van der Waals surface area contributed by atoms with Crippen LogP contribution in [0.1, 0.15) is 39.5 Å². The molecule has 1 fully saturated rings. The summed E-state index contributed by atoms with van der Waals surface area (Å²) in [6, 6.07) is 0. The molecule has 0 atom stereocenters. The van der Waals surface area contributed by atoms with Crippen molar-refractivity contribution in [2.75, 3.05) is 0 Å². The van der Waals surface area contributed by atoms with Gasteiger partial charge in [-0.2, -0.15) is 0 Å². The van der Waals surface area contributed by atoms with E-state index < -0.39 is 18.4 Å². The van der Waals surface area contributed by atoms with Gasteiger partial charge in [0.25, 0.3) is 0 Å². The first-order valence-corrected chi connectivity index (χ1v) is 14.0. The molecule has 1 heterocycles. The molecule has 0 aromatic rings. The summed E-state index contributed by atoms with van der Waals surface area (Å²) in [5.41, 5.74) is 3.59. The van der Waals surface area contributed by atoms with E-state index in [0.717, 1.165) is 0 Å². The maximum atomic E-state index is 2.58. The second-order valence-corrected chi connectivity index (χ2v) is 18.6. The van der Waals surface area contributed by atoms with E-state index in [1.165, 1.54) is 25.7 Å². The van der Waals surface area contributed by atoms with Crippen molar-refractivity contribution >= 4 is 18.4 Å². The fourth-order valence-electron chi connectivity index (χ4n) is 2.77. The Morgan fingerprint density at radius 1 is 0.846 bits per heavy atom. The van der Waals surface area contributed by atoms with Gasteiger partial charge in [-0.05, 0) is 0 Å². The van der Waals surface area contributed by atoms with Crippen LogP contribution in [0.3, 0.4) is 0 Å². The summed E-state index contributed by atoms with van der Waals surface area (Å²) in [6.45, 7) is 4.85. The van der Waals surface area contributed by atoms with Crippen LogP contribution in [-0.4, -0.2) is 18.4 Å². The van der Waals surface area contributed by atoms with Crippen molar-refractivity contribution in [3.8, 4) is 0 Å². The molecule has 1 heteroatoms. The van der Waals surface area contributed by atoms with E-state index in [4.69, 9.17) is 0 Å². The van der Waals surface area contributed by atoms with Gasteiger partial charge < -0.3 is 0 Å². The molecule has 2 aliphatic rings. The molecule has 0 bridgehead atoms. The molecule has 0 nitrogen and oxygen atoms in total. The molecule has 0 N–H and O–H groups in total. The van der Waals surface area contributed by atoms with Gasteiger partial charge in [-0.1, -0.05) is 0 Å². The van der Waals surface area contributed by atoms with Crippen LogP contribution in [-0.2, 0) is 0 Å². The van der Waals surface area contributed by atoms with Gasteiger partial charge in [-0.15, -0.1) is 0 Å². The van der Waals surface area contributed by atoms with Crippen LogP contribution in [0.5, 0.6) is 0 Å². The summed E-state index contributed by atoms with van der Waals surface area (Å²) < 4.78 is 3.70. The Morgan fingerprint density at radius 3 is 1.62 bits per heavy atom. The van der Waals surface area contributed by atoms with Gasteiger partial charge in [0.1, 0.15) is 0 Å². The van der Waals surface area contributed by atoms with Crippen molar-refractivity contribution in [1.82, 2.24) is 0 Å². The van der Waals surface area contributed by atoms with Crippen molar-refractivity contribution < 1.29 is 0 Å². The van der Waals surface area contributed by atoms with Gasteiger partial charge >= 0.3 is 86.1 Å². The quantitative estimate of drug-likeness (QED) is 0.589. The van der Waals surface area contributed by atoms with E-state index >= 15 is 0 Å². The molecule has 0 radical (unpaired) electrons. The predicted octanol–water partition coefficient (Wildman–Crippen LogP) is 3.99. The standard InChI is InChI=1S/C10H14.2CH3.Sn/c1-3-9-7-5-6-8-10(9)4-2;;;/h5-8H2,1-2H3;2*1H3;. The third-order valence-electron chi connectivity index (χ3n) is 4.25. The first-order valence-electron chi connectivity index (χ1n) is 5.46. The second-order valence-electron chi connectivity index (χ2n) is 5.04. The van der Waals surface area contributed by atoms with Crippen LogP contribution < -0.4 is 0 Å². The number of hydrogen-bond acceptors (Lipinski definition) is 0. The maximum absolute atomic E-state index is 2.58. The number of hydrogen-bond donors (Lipinski definition) is 0. The summed E-state index contributed by atoms with van der Waals surface area (Å²) in [7, 11) is 0. The fraction of sp³-hybridized carbons (Fsp3) is 0.667. The summed E-state index contributed by atoms with van der Waals surface area (Å²) in [5, 5.41) is 0. The van der Waals surface area contributed by atoms with Crippen molar-refractivity contribution in [2.45, 2.75) is 49.4 Å². The molecular weight excluding hydrogens is 263 g/mol. The summed E-state index contributed by atoms with van der Waals surface area (Å²) in [6.07, 6.45) is 5.65. The van der Waals surface area contributed by atoms with Gasteiger partial charge in [0.2, 0.25) is 0 Å². The van der Waals surface area contributed by atoms with Crippen LogP contribution in [0.2, 0.25) is 9.88 Å². The van der Waals surface area contributed by atoms with Crippen molar-refractivity contribution in [3.05, 3.63) is 18.3 Å². The molecular formula is C12H20Sn. The Morgan fingerprint density at radius 2 is 1.23 bits per heavy atom. The molecule has 1 aliphatic heterocycles. The van der Waals surface area contributed by atoms with Gasteiger partial charge in [-0.25, -0.2) is 0 Å². The Balaban J connectivity index is 2.51. The molecule has 0 aromatic carbocycles. The van der Waals surface area contributed by atoms with E-state index in [9.17, 15) is 0 Å². The number of allylic oxidation sites excluding steroid dienone is 4. The third-order valence-corrected chi connectivity index (χ3v) is 16.7. The van der Waals surface area contributed by atoms with Gasteiger partial charge in [0.15, 0.2) is 0 Å². The average molecular weight is 283 g/mol. The van der Waals surface area contributed by atoms with Gasteiger partial charge in [-0.3, -0.25) is 0 Å². The first kappa shape index (κ1) is 9.82. The SMILES string of the molecule is C[C]1=C2CCCCC2=[C](C)[Sn]1([CH3])[CH3]. The molecule has 0 aromatic heterocycles. The van der Waals surface area contributed by atoms with Crippen LogP contribution in [0.4, 0.5) is 0 Å². The Labute approximate surface area is 86.0 Å². The molecule has 0 spiro atoms. The number of fused-ring (bicyclic) bond motifs is 1. The molecule has 72 valence electrons. The van der Waals surface area contributed by atoms with Crippen LogP contribution >= 0.6 is 0 Å². The number of rotatable bonds is 0. The Hall–Kier alpha value is 0.279. The normalized spacial score (nSPS) is 26.8. The molecule has 2 rings (SSSR count). The summed E-state index contributed by atoms with van der Waals surface area (Å²) >= 11 is -1.87. The van der Waals surface area contributed by atoms with Crippen LogP contribution in [0.15, 0.2) is 18.3 Å². The zero-order valence-corrected chi connectivity index (χ0v) is 12.2. The third kappa shape index (κ3) is 1.33. The van der Waals surface area contributed by atoms with E-state index in [2.05, 4.69) is 23.7 Å². The molecule has 0 amide bonds. The zero-order chi connectivity index (χ0) is 9.64. The first-order chi connectivity index (χ1) is 6.05. The monoisotopic (exact) mass is 284 g/mol. The fourth-order valence-corrected chi connectivity index (χ4v) is 10.3. The molecule has 0 saturated heterocycles. The van der Waals surface area contributed by atoms with Gasteiger partial charge in [0.05, 0.1) is 0 Å². The van der Waals surface area contributed by atoms with E-state index in [0.29, 0.717) is 0 Å². The second kappa shape index (κ2) is 3.15. The summed E-state index contributed by atoms with van der Waals surface area (Å²) in [4.78, 5) is 5.16. The minimum atomic E-state index is -1.87. The predicted molar refractivity (Wildman–Crippen MR) is 61.4 cm³/mol. The Kier molecular flexibility index (Phi) is 2.38. The molecule has 13 heavy (non-hydrogen) atoms. The molecule has 1 saturated carbocycles. The van der Waals surface area contributed by atoms with Crippen LogP contribution in [0.25, 0.3) is 0 Å². The van der Waals surface area contributed by atoms with E-state index in [1.54, 1.807) is 11.1 Å². The van der Waals surface area contributed by atoms with Crippen molar-refractivity contribution in [2.24, 2.45) is 0 Å².